The molecule has 0 radical (unpaired) electrons. The second kappa shape index (κ2) is 7.85. The van der Waals surface area contributed by atoms with Crippen LogP contribution >= 0.6 is 0 Å². The summed E-state index contributed by atoms with van der Waals surface area (Å²) < 4.78 is 0. The van der Waals surface area contributed by atoms with E-state index >= 15 is 0 Å². The number of fused-ring (bicyclic) bond motifs is 1. The van der Waals surface area contributed by atoms with Gasteiger partial charge in [-0.3, -0.25) is 14.7 Å². The molecule has 1 unspecified atom stereocenters. The molecule has 1 aliphatic heterocycles. The topological polar surface area (TPSA) is 98.3 Å². The summed E-state index contributed by atoms with van der Waals surface area (Å²) >= 11 is 0. The summed E-state index contributed by atoms with van der Waals surface area (Å²) in [5, 5.41) is 20.4. The molecule has 1 saturated carbocycles. The van der Waals surface area contributed by atoms with Crippen LogP contribution in [0.2, 0.25) is 24.7 Å². The number of carbonyl (C=O) groups is 2. The van der Waals surface area contributed by atoms with Crippen molar-refractivity contribution in [2.75, 3.05) is 11.9 Å². The first-order valence-corrected chi connectivity index (χ1v) is 14.9. The van der Waals surface area contributed by atoms with E-state index in [2.05, 4.69) is 35.2 Å². The van der Waals surface area contributed by atoms with Crippen molar-refractivity contribution in [1.82, 2.24) is 15.1 Å². The summed E-state index contributed by atoms with van der Waals surface area (Å²) in [6.45, 7) is 10.8. The molecule has 1 atom stereocenters. The van der Waals surface area contributed by atoms with Crippen LogP contribution < -0.4 is 5.32 Å². The number of aliphatic hydroxyl groups is 1. The largest absolute Gasteiger partial charge is 0.395 e. The van der Waals surface area contributed by atoms with Gasteiger partial charge in [-0.2, -0.15) is 5.10 Å². The highest BCUT2D eigenvalue weighted by Gasteiger charge is 2.54. The Morgan fingerprint density at radius 2 is 1.88 bits per heavy atom. The van der Waals surface area contributed by atoms with Crippen LogP contribution in [-0.4, -0.2) is 46.7 Å². The maximum atomic E-state index is 13.5. The Hall–Kier alpha value is -2.45. The summed E-state index contributed by atoms with van der Waals surface area (Å²) in [7, 11) is -1.71. The number of anilines is 1. The van der Waals surface area contributed by atoms with Crippen molar-refractivity contribution in [1.29, 1.82) is 0 Å². The number of aromatic nitrogens is 2. The first-order valence-electron chi connectivity index (χ1n) is 11.4. The molecule has 2 aromatic rings. The lowest BCUT2D eigenvalue weighted by molar-refractivity contribution is -0.139. The highest BCUT2D eigenvalue weighted by Crippen LogP contribution is 2.56. The fraction of sp³-hybridized carbons (Fsp3) is 0.542. The van der Waals surface area contributed by atoms with Gasteiger partial charge < -0.3 is 15.3 Å². The molecule has 1 aromatic heterocycles. The van der Waals surface area contributed by atoms with Crippen molar-refractivity contribution in [3.05, 3.63) is 47.2 Å². The molecule has 172 valence electrons. The second-order valence-electron chi connectivity index (χ2n) is 10.7. The molecule has 8 heteroatoms. The van der Waals surface area contributed by atoms with Crippen LogP contribution in [0.25, 0.3) is 0 Å². The predicted octanol–water partition coefficient (Wildman–Crippen LogP) is 3.96. The van der Waals surface area contributed by atoms with Gasteiger partial charge in [0.05, 0.1) is 38.4 Å². The van der Waals surface area contributed by atoms with Crippen LogP contribution in [0.4, 0.5) is 5.82 Å². The first-order chi connectivity index (χ1) is 15.0. The van der Waals surface area contributed by atoms with E-state index in [4.69, 9.17) is 0 Å². The van der Waals surface area contributed by atoms with Gasteiger partial charge in [0, 0.05) is 10.6 Å². The monoisotopic (exact) mass is 454 g/mol. The number of aromatic amines is 1. The lowest BCUT2D eigenvalue weighted by atomic mass is 9.83. The van der Waals surface area contributed by atoms with E-state index in [-0.39, 0.29) is 23.5 Å². The van der Waals surface area contributed by atoms with Crippen LogP contribution in [0, 0.1) is 0 Å². The van der Waals surface area contributed by atoms with Crippen LogP contribution in [0.3, 0.4) is 0 Å². The van der Waals surface area contributed by atoms with Crippen molar-refractivity contribution in [3.8, 4) is 0 Å². The van der Waals surface area contributed by atoms with E-state index in [0.29, 0.717) is 12.4 Å². The SMILES string of the molecule is CC1(C)c2[nH]nc(NC(=O)C3([Si](C)(C)C)CCC3)c2CN1C(=O)C(CO)c1ccccc1. The Labute approximate surface area is 190 Å². The fourth-order valence-electron chi connectivity index (χ4n) is 5.25. The first kappa shape index (κ1) is 22.7. The average molecular weight is 455 g/mol. The molecule has 1 fully saturated rings. The zero-order valence-electron chi connectivity index (χ0n) is 19.7. The highest BCUT2D eigenvalue weighted by molar-refractivity contribution is 6.83. The number of hydrogen-bond donors (Lipinski definition) is 3. The molecule has 2 aliphatic rings. The zero-order valence-corrected chi connectivity index (χ0v) is 20.7. The van der Waals surface area contributed by atoms with Gasteiger partial charge in [0.1, 0.15) is 0 Å². The van der Waals surface area contributed by atoms with Gasteiger partial charge in [0.15, 0.2) is 5.82 Å². The van der Waals surface area contributed by atoms with E-state index in [1.807, 2.05) is 44.2 Å². The molecule has 2 amide bonds. The minimum absolute atomic E-state index is 0.0670. The van der Waals surface area contributed by atoms with Gasteiger partial charge in [0.2, 0.25) is 11.8 Å². The molecule has 1 aliphatic carbocycles. The van der Waals surface area contributed by atoms with E-state index in [0.717, 1.165) is 36.1 Å². The smallest absolute Gasteiger partial charge is 0.233 e. The normalized spacial score (nSPS) is 19.8. The third kappa shape index (κ3) is 3.40. The summed E-state index contributed by atoms with van der Waals surface area (Å²) in [5.74, 6) is -0.172. The van der Waals surface area contributed by atoms with Gasteiger partial charge in [-0.15, -0.1) is 0 Å². The lowest BCUT2D eigenvalue weighted by Crippen LogP contribution is -2.52. The summed E-state index contributed by atoms with van der Waals surface area (Å²) in [6.07, 6.45) is 2.97. The molecular formula is C24H34N4O3Si. The quantitative estimate of drug-likeness (QED) is 0.575. The Bertz CT molecular complexity index is 1020. The second-order valence-corrected chi connectivity index (χ2v) is 16.2. The van der Waals surface area contributed by atoms with Crippen molar-refractivity contribution in [2.45, 2.75) is 75.8 Å². The van der Waals surface area contributed by atoms with Crippen molar-refractivity contribution in [3.63, 3.8) is 0 Å². The van der Waals surface area contributed by atoms with Crippen molar-refractivity contribution < 1.29 is 14.7 Å². The Kier molecular flexibility index (Phi) is 5.57. The number of benzene rings is 1. The molecule has 1 aromatic carbocycles. The predicted molar refractivity (Wildman–Crippen MR) is 127 cm³/mol. The number of carbonyl (C=O) groups excluding carboxylic acids is 2. The molecule has 2 heterocycles. The Morgan fingerprint density at radius 3 is 2.41 bits per heavy atom. The maximum Gasteiger partial charge on any atom is 0.233 e. The Morgan fingerprint density at radius 1 is 1.22 bits per heavy atom. The molecule has 0 saturated heterocycles. The van der Waals surface area contributed by atoms with E-state index < -0.39 is 19.5 Å². The van der Waals surface area contributed by atoms with Gasteiger partial charge in [-0.05, 0) is 32.3 Å². The number of H-pyrrole nitrogens is 1. The molecule has 0 spiro atoms. The summed E-state index contributed by atoms with van der Waals surface area (Å²) in [4.78, 5) is 28.6. The number of nitrogens with zero attached hydrogens (tertiary/aromatic N) is 2. The van der Waals surface area contributed by atoms with Crippen molar-refractivity contribution >= 4 is 25.7 Å². The number of amides is 2. The maximum absolute atomic E-state index is 13.5. The lowest BCUT2D eigenvalue weighted by Gasteiger charge is -2.48. The molecule has 0 bridgehead atoms. The van der Waals surface area contributed by atoms with Gasteiger partial charge >= 0.3 is 0 Å². The number of nitrogens with one attached hydrogen (secondary N) is 2. The standard InChI is InChI=1S/C24H34N4O3Si/c1-23(2)19-17(14-28(23)21(30)18(15-29)16-10-7-6-8-11-16)20(27-26-19)25-22(31)24(12-9-13-24)32(3,4)5/h6-8,10-11,18,29H,9,12-15H2,1-5H3,(H2,25,26,27,31). The molecule has 4 rings (SSSR count). The van der Waals surface area contributed by atoms with Gasteiger partial charge in [0.25, 0.3) is 0 Å². The van der Waals surface area contributed by atoms with Gasteiger partial charge in [-0.1, -0.05) is 56.4 Å². The highest BCUT2D eigenvalue weighted by atomic mass is 28.3. The van der Waals surface area contributed by atoms with E-state index in [9.17, 15) is 14.7 Å². The van der Waals surface area contributed by atoms with E-state index in [1.165, 1.54) is 0 Å². The zero-order chi connectivity index (χ0) is 23.3. The number of aliphatic hydroxyl groups excluding tert-OH is 1. The molecule has 7 nitrogen and oxygen atoms in total. The van der Waals surface area contributed by atoms with Crippen LogP contribution in [0.15, 0.2) is 30.3 Å². The summed E-state index contributed by atoms with van der Waals surface area (Å²) in [6, 6.07) is 9.36. The fourth-order valence-corrected chi connectivity index (χ4v) is 7.84. The van der Waals surface area contributed by atoms with Crippen LogP contribution in [0.5, 0.6) is 0 Å². The third-order valence-corrected chi connectivity index (χ3v) is 11.3. The number of hydrogen-bond acceptors (Lipinski definition) is 4. The average Bonchev–Trinajstić information content (AvgIpc) is 3.19. The summed E-state index contributed by atoms with van der Waals surface area (Å²) in [5.41, 5.74) is 1.85. The number of rotatable bonds is 6. The molecular weight excluding hydrogens is 420 g/mol. The van der Waals surface area contributed by atoms with E-state index in [1.54, 1.807) is 4.90 Å². The Balaban J connectivity index is 1.59. The molecule has 3 N–H and O–H groups in total. The van der Waals surface area contributed by atoms with Crippen LogP contribution in [-0.2, 0) is 21.7 Å². The minimum atomic E-state index is -1.71. The van der Waals surface area contributed by atoms with Crippen LogP contribution in [0.1, 0.15) is 55.8 Å². The molecule has 32 heavy (non-hydrogen) atoms. The third-order valence-electron chi connectivity index (χ3n) is 7.73. The van der Waals surface area contributed by atoms with Crippen molar-refractivity contribution in [2.24, 2.45) is 0 Å². The van der Waals surface area contributed by atoms with Gasteiger partial charge in [-0.25, -0.2) is 0 Å². The minimum Gasteiger partial charge on any atom is -0.395 e.